The number of nitrogens with zero attached hydrogens (tertiary/aromatic N) is 2. The Hall–Kier alpha value is -0.610. The number of nitrogens with two attached hydrogens (primary N) is 1. The molecule has 2 heterocycles. The molecule has 3 rings (SSSR count). The lowest BCUT2D eigenvalue weighted by Gasteiger charge is -2.38. The average molecular weight is 322 g/mol. The number of carbonyl (C=O) groups is 1. The summed E-state index contributed by atoms with van der Waals surface area (Å²) in [5.41, 5.74) is 6.20. The van der Waals surface area contributed by atoms with Gasteiger partial charge in [-0.1, -0.05) is 25.7 Å². The zero-order chi connectivity index (χ0) is 16.1. The Morgan fingerprint density at radius 2 is 1.65 bits per heavy atom. The van der Waals surface area contributed by atoms with Crippen molar-refractivity contribution in [3.8, 4) is 0 Å². The molecule has 3 fully saturated rings. The van der Waals surface area contributed by atoms with Gasteiger partial charge in [-0.15, -0.1) is 0 Å². The van der Waals surface area contributed by atoms with Gasteiger partial charge in [0, 0.05) is 25.6 Å². The summed E-state index contributed by atoms with van der Waals surface area (Å²) >= 11 is 0. The SMILES string of the molecule is NCC1(CC(=O)N2CCCC2CN2CCCCC2)CCCCC1. The average Bonchev–Trinajstić information content (AvgIpc) is 3.05. The number of rotatable bonds is 5. The lowest BCUT2D eigenvalue weighted by Crippen LogP contribution is -2.47. The van der Waals surface area contributed by atoms with E-state index in [0.29, 0.717) is 24.9 Å². The second kappa shape index (κ2) is 7.98. The molecule has 4 nitrogen and oxygen atoms in total. The highest BCUT2D eigenvalue weighted by Gasteiger charge is 2.37. The van der Waals surface area contributed by atoms with Crippen LogP contribution in [0.2, 0.25) is 0 Å². The predicted octanol–water partition coefficient (Wildman–Crippen LogP) is 2.76. The van der Waals surface area contributed by atoms with Crippen molar-refractivity contribution in [1.82, 2.24) is 9.80 Å². The molecule has 0 bridgehead atoms. The highest BCUT2D eigenvalue weighted by Crippen LogP contribution is 2.39. The third-order valence-electron chi connectivity index (χ3n) is 6.49. The summed E-state index contributed by atoms with van der Waals surface area (Å²) in [6.07, 6.45) is 13.2. The first-order valence-electron chi connectivity index (χ1n) is 9.94. The Balaban J connectivity index is 1.56. The summed E-state index contributed by atoms with van der Waals surface area (Å²) in [5.74, 6) is 0.386. The zero-order valence-corrected chi connectivity index (χ0v) is 14.8. The van der Waals surface area contributed by atoms with E-state index in [4.69, 9.17) is 5.73 Å². The van der Waals surface area contributed by atoms with Gasteiger partial charge in [0.25, 0.3) is 0 Å². The fourth-order valence-corrected chi connectivity index (χ4v) is 4.97. The number of likely N-dealkylation sites (tertiary alicyclic amines) is 2. The molecule has 132 valence electrons. The summed E-state index contributed by atoms with van der Waals surface area (Å²) in [6.45, 7) is 5.21. The minimum Gasteiger partial charge on any atom is -0.338 e. The second-order valence-electron chi connectivity index (χ2n) is 8.19. The monoisotopic (exact) mass is 321 g/mol. The first kappa shape index (κ1) is 17.2. The molecule has 2 saturated heterocycles. The van der Waals surface area contributed by atoms with Crippen LogP contribution in [-0.4, -0.2) is 54.5 Å². The third-order valence-corrected chi connectivity index (χ3v) is 6.49. The van der Waals surface area contributed by atoms with Gasteiger partial charge in [-0.2, -0.15) is 0 Å². The maximum Gasteiger partial charge on any atom is 0.223 e. The molecule has 1 atom stereocenters. The van der Waals surface area contributed by atoms with Gasteiger partial charge in [-0.05, 0) is 63.6 Å². The van der Waals surface area contributed by atoms with Crippen LogP contribution in [-0.2, 0) is 4.79 Å². The quantitative estimate of drug-likeness (QED) is 0.847. The summed E-state index contributed by atoms with van der Waals surface area (Å²) in [5, 5.41) is 0. The molecule has 1 amide bonds. The summed E-state index contributed by atoms with van der Waals surface area (Å²) in [4.78, 5) is 17.8. The molecule has 4 heteroatoms. The van der Waals surface area contributed by atoms with E-state index in [2.05, 4.69) is 9.80 Å². The lowest BCUT2D eigenvalue weighted by molar-refractivity contribution is -0.135. The molecule has 23 heavy (non-hydrogen) atoms. The molecule has 1 aliphatic carbocycles. The molecule has 1 saturated carbocycles. The first-order chi connectivity index (χ1) is 11.2. The van der Waals surface area contributed by atoms with Crippen LogP contribution in [0.1, 0.15) is 70.6 Å². The summed E-state index contributed by atoms with van der Waals surface area (Å²) in [6, 6.07) is 0.457. The zero-order valence-electron chi connectivity index (χ0n) is 14.8. The van der Waals surface area contributed by atoms with Crippen LogP contribution in [0, 0.1) is 5.41 Å². The van der Waals surface area contributed by atoms with E-state index in [1.165, 1.54) is 64.5 Å². The fraction of sp³-hybridized carbons (Fsp3) is 0.947. The van der Waals surface area contributed by atoms with E-state index in [9.17, 15) is 4.79 Å². The number of carbonyl (C=O) groups excluding carboxylic acids is 1. The molecule has 0 spiro atoms. The molecule has 2 aliphatic heterocycles. The maximum absolute atomic E-state index is 13.0. The normalized spacial score (nSPS) is 28.9. The Labute approximate surface area is 141 Å². The Morgan fingerprint density at radius 3 is 2.35 bits per heavy atom. The van der Waals surface area contributed by atoms with Crippen LogP contribution < -0.4 is 5.73 Å². The molecule has 0 radical (unpaired) electrons. The van der Waals surface area contributed by atoms with Crippen molar-refractivity contribution in [2.75, 3.05) is 32.7 Å². The summed E-state index contributed by atoms with van der Waals surface area (Å²) < 4.78 is 0. The number of amides is 1. The van der Waals surface area contributed by atoms with Crippen LogP contribution in [0.4, 0.5) is 0 Å². The molecule has 1 unspecified atom stereocenters. The van der Waals surface area contributed by atoms with Crippen molar-refractivity contribution < 1.29 is 4.79 Å². The van der Waals surface area contributed by atoms with Crippen molar-refractivity contribution in [3.05, 3.63) is 0 Å². The minimum absolute atomic E-state index is 0.105. The molecular weight excluding hydrogens is 286 g/mol. The van der Waals surface area contributed by atoms with Gasteiger partial charge >= 0.3 is 0 Å². The van der Waals surface area contributed by atoms with Gasteiger partial charge in [0.15, 0.2) is 0 Å². The molecule has 0 aromatic heterocycles. The Bertz CT molecular complexity index is 386. The van der Waals surface area contributed by atoms with E-state index in [0.717, 1.165) is 25.9 Å². The van der Waals surface area contributed by atoms with Crippen molar-refractivity contribution in [3.63, 3.8) is 0 Å². The number of hydrogen-bond acceptors (Lipinski definition) is 3. The highest BCUT2D eigenvalue weighted by atomic mass is 16.2. The molecule has 0 aromatic rings. The lowest BCUT2D eigenvalue weighted by atomic mass is 9.71. The highest BCUT2D eigenvalue weighted by molar-refractivity contribution is 5.77. The Morgan fingerprint density at radius 1 is 0.957 bits per heavy atom. The number of piperidine rings is 1. The van der Waals surface area contributed by atoms with Crippen molar-refractivity contribution in [2.45, 2.75) is 76.7 Å². The van der Waals surface area contributed by atoms with E-state index < -0.39 is 0 Å². The molecule has 3 aliphatic rings. The standard InChI is InChI=1S/C19H35N3O/c20-16-19(9-3-1-4-10-19)14-18(23)22-13-7-8-17(22)15-21-11-5-2-6-12-21/h17H,1-16,20H2. The van der Waals surface area contributed by atoms with Gasteiger partial charge in [-0.25, -0.2) is 0 Å². The van der Waals surface area contributed by atoms with Crippen molar-refractivity contribution >= 4 is 5.91 Å². The van der Waals surface area contributed by atoms with Gasteiger partial charge in [0.2, 0.25) is 5.91 Å². The largest absolute Gasteiger partial charge is 0.338 e. The predicted molar refractivity (Wildman–Crippen MR) is 94.2 cm³/mol. The van der Waals surface area contributed by atoms with Gasteiger partial charge in [-0.3, -0.25) is 4.79 Å². The van der Waals surface area contributed by atoms with E-state index in [-0.39, 0.29) is 5.41 Å². The molecule has 2 N–H and O–H groups in total. The van der Waals surface area contributed by atoms with E-state index in [1.54, 1.807) is 0 Å². The van der Waals surface area contributed by atoms with Gasteiger partial charge in [0.1, 0.15) is 0 Å². The molecular formula is C19H35N3O. The van der Waals surface area contributed by atoms with E-state index in [1.807, 2.05) is 0 Å². The van der Waals surface area contributed by atoms with E-state index >= 15 is 0 Å². The molecule has 0 aromatic carbocycles. The number of hydrogen-bond donors (Lipinski definition) is 1. The van der Waals surface area contributed by atoms with Gasteiger partial charge < -0.3 is 15.5 Å². The van der Waals surface area contributed by atoms with Crippen LogP contribution in [0.5, 0.6) is 0 Å². The minimum atomic E-state index is 0.105. The fourth-order valence-electron chi connectivity index (χ4n) is 4.97. The second-order valence-corrected chi connectivity index (χ2v) is 8.19. The van der Waals surface area contributed by atoms with Gasteiger partial charge in [0.05, 0.1) is 0 Å². The Kier molecular flexibility index (Phi) is 5.97. The van der Waals surface area contributed by atoms with Crippen LogP contribution in [0.3, 0.4) is 0 Å². The third kappa shape index (κ3) is 4.27. The van der Waals surface area contributed by atoms with Crippen molar-refractivity contribution in [2.24, 2.45) is 11.1 Å². The maximum atomic E-state index is 13.0. The first-order valence-corrected chi connectivity index (χ1v) is 9.94. The smallest absolute Gasteiger partial charge is 0.223 e. The van der Waals surface area contributed by atoms with Crippen LogP contribution >= 0.6 is 0 Å². The topological polar surface area (TPSA) is 49.6 Å². The van der Waals surface area contributed by atoms with Crippen molar-refractivity contribution in [1.29, 1.82) is 0 Å². The van der Waals surface area contributed by atoms with Crippen LogP contribution in [0.15, 0.2) is 0 Å². The van der Waals surface area contributed by atoms with Crippen LogP contribution in [0.25, 0.3) is 0 Å². The summed E-state index contributed by atoms with van der Waals surface area (Å²) in [7, 11) is 0.